The predicted molar refractivity (Wildman–Crippen MR) is 289 cm³/mol. The summed E-state index contributed by atoms with van der Waals surface area (Å²) in [5.74, 6) is -1.18. The molecule has 2 fully saturated rings. The van der Waals surface area contributed by atoms with E-state index in [-0.39, 0.29) is 74.9 Å². The second-order valence-corrected chi connectivity index (χ2v) is 20.9. The van der Waals surface area contributed by atoms with Gasteiger partial charge in [0, 0.05) is 69.9 Å². The zero-order chi connectivity index (χ0) is 54.5. The maximum Gasteiger partial charge on any atom is 0.246 e. The number of likely N-dealkylation sites (tertiary alicyclic amines) is 1. The molecule has 2 aliphatic rings. The molecule has 0 radical (unpaired) electrons. The molecule has 4 amide bonds. The Balaban J connectivity index is 0.658. The summed E-state index contributed by atoms with van der Waals surface area (Å²) in [7, 11) is 1.48. The Morgan fingerprint density at radius 2 is 1.57 bits per heavy atom. The molecule has 20 nitrogen and oxygen atoms in total. The summed E-state index contributed by atoms with van der Waals surface area (Å²) < 4.78 is 37.0. The number of nitrogens with one attached hydrogen (secondary N) is 4. The molecular formula is C55H68FN11O9S. The van der Waals surface area contributed by atoms with Crippen LogP contribution in [-0.4, -0.2) is 174 Å². The number of amides is 4. The van der Waals surface area contributed by atoms with Gasteiger partial charge in [0.05, 0.1) is 87.2 Å². The molecule has 0 spiro atoms. The minimum Gasteiger partial charge on any atom is -0.496 e. The first-order valence-corrected chi connectivity index (χ1v) is 26.7. The molecular weight excluding hydrogens is 1010 g/mol. The molecule has 3 aromatic carbocycles. The topological polar surface area (TPSA) is 239 Å². The number of rotatable bonds is 24. The van der Waals surface area contributed by atoms with E-state index in [0.29, 0.717) is 55.4 Å². The van der Waals surface area contributed by atoms with Crippen LogP contribution in [0.3, 0.4) is 0 Å². The molecule has 0 aliphatic carbocycles. The van der Waals surface area contributed by atoms with Crippen molar-refractivity contribution in [3.63, 3.8) is 0 Å². The zero-order valence-corrected chi connectivity index (χ0v) is 45.0. The minimum absolute atomic E-state index is 0.0113. The average molecular weight is 1080 g/mol. The molecule has 5 heterocycles. The molecule has 0 saturated carbocycles. The summed E-state index contributed by atoms with van der Waals surface area (Å²) in [6, 6.07) is 18.7. The third kappa shape index (κ3) is 14.8. The fourth-order valence-electron chi connectivity index (χ4n) is 9.26. The molecule has 1 unspecified atom stereocenters. The van der Waals surface area contributed by atoms with Crippen LogP contribution in [0.2, 0.25) is 0 Å². The predicted octanol–water partition coefficient (Wildman–Crippen LogP) is 4.75. The minimum atomic E-state index is -0.942. The van der Waals surface area contributed by atoms with Gasteiger partial charge in [-0.15, -0.1) is 11.3 Å². The second kappa shape index (κ2) is 26.4. The maximum atomic E-state index is 14.8. The van der Waals surface area contributed by atoms with Crippen LogP contribution < -0.4 is 25.6 Å². The van der Waals surface area contributed by atoms with E-state index in [1.54, 1.807) is 29.7 Å². The van der Waals surface area contributed by atoms with E-state index in [2.05, 4.69) is 50.9 Å². The van der Waals surface area contributed by atoms with E-state index >= 15 is 0 Å². The number of nitrogens with zero attached hydrogens (tertiary/aromatic N) is 7. The van der Waals surface area contributed by atoms with Gasteiger partial charge in [0.25, 0.3) is 0 Å². The maximum absolute atomic E-state index is 14.8. The van der Waals surface area contributed by atoms with Crippen molar-refractivity contribution in [2.75, 3.05) is 97.5 Å². The number of H-pyrrole nitrogens is 1. The van der Waals surface area contributed by atoms with E-state index in [1.165, 1.54) is 18.1 Å². The molecule has 3 aromatic heterocycles. The lowest BCUT2D eigenvalue weighted by Crippen LogP contribution is -2.57. The van der Waals surface area contributed by atoms with Crippen molar-refractivity contribution in [1.29, 1.82) is 0 Å². The number of halogens is 1. The lowest BCUT2D eigenvalue weighted by Gasteiger charge is -2.35. The number of piperazine rings is 1. The van der Waals surface area contributed by atoms with Crippen LogP contribution in [0.4, 0.5) is 10.1 Å². The van der Waals surface area contributed by atoms with Crippen molar-refractivity contribution in [1.82, 2.24) is 50.9 Å². The first-order valence-electron chi connectivity index (χ1n) is 25.8. The van der Waals surface area contributed by atoms with Crippen LogP contribution in [0, 0.1) is 18.2 Å². The Hall–Kier alpha value is -6.95. The van der Waals surface area contributed by atoms with E-state index in [4.69, 9.17) is 18.9 Å². The summed E-state index contributed by atoms with van der Waals surface area (Å²) in [5, 5.41) is 26.7. The molecule has 410 valence electrons. The molecule has 8 rings (SSSR count). The fourth-order valence-corrected chi connectivity index (χ4v) is 10.1. The van der Waals surface area contributed by atoms with Crippen LogP contribution in [0.25, 0.3) is 44.1 Å². The van der Waals surface area contributed by atoms with Crippen LogP contribution in [0.1, 0.15) is 44.9 Å². The van der Waals surface area contributed by atoms with Gasteiger partial charge in [0.2, 0.25) is 23.6 Å². The third-order valence-corrected chi connectivity index (χ3v) is 14.4. The monoisotopic (exact) mass is 1080 g/mol. The second-order valence-electron chi connectivity index (χ2n) is 20.0. The van der Waals surface area contributed by atoms with Crippen molar-refractivity contribution < 1.29 is 47.6 Å². The van der Waals surface area contributed by atoms with E-state index in [9.17, 15) is 28.7 Å². The third-order valence-electron chi connectivity index (χ3n) is 13.5. The molecule has 6 aromatic rings. The van der Waals surface area contributed by atoms with E-state index in [1.807, 2.05) is 81.7 Å². The Bertz CT molecular complexity index is 2940. The number of anilines is 1. The lowest BCUT2D eigenvalue weighted by molar-refractivity contribution is -0.144. The van der Waals surface area contributed by atoms with Crippen LogP contribution >= 0.6 is 11.3 Å². The van der Waals surface area contributed by atoms with Crippen LogP contribution in [-0.2, 0) is 39.9 Å². The van der Waals surface area contributed by atoms with Crippen molar-refractivity contribution in [2.45, 2.75) is 65.3 Å². The van der Waals surface area contributed by atoms with Gasteiger partial charge < -0.3 is 49.8 Å². The van der Waals surface area contributed by atoms with Gasteiger partial charge in [-0.25, -0.2) is 19.3 Å². The van der Waals surface area contributed by atoms with Crippen molar-refractivity contribution in [3.8, 4) is 38.8 Å². The largest absolute Gasteiger partial charge is 0.496 e. The van der Waals surface area contributed by atoms with Gasteiger partial charge in [-0.2, -0.15) is 5.10 Å². The first-order chi connectivity index (χ1) is 37.2. The molecule has 0 bridgehead atoms. The average Bonchev–Trinajstić information content (AvgIpc) is 4.18. The highest BCUT2D eigenvalue weighted by molar-refractivity contribution is 7.13. The molecule has 22 heteroatoms. The van der Waals surface area contributed by atoms with Crippen LogP contribution in [0.15, 0.2) is 78.4 Å². The number of aliphatic hydroxyl groups excluding tert-OH is 1. The van der Waals surface area contributed by atoms with Crippen molar-refractivity contribution in [3.05, 3.63) is 95.5 Å². The number of carbonyl (C=O) groups excluding carboxylic acids is 4. The highest BCUT2D eigenvalue weighted by atomic mass is 32.1. The Morgan fingerprint density at radius 1 is 0.870 bits per heavy atom. The number of ether oxygens (including phenoxy) is 4. The van der Waals surface area contributed by atoms with Gasteiger partial charge in [-0.3, -0.25) is 29.2 Å². The zero-order valence-electron chi connectivity index (χ0n) is 44.2. The number of aliphatic hydroxyl groups is 1. The number of carbonyl (C=O) groups is 4. The number of thiazole rings is 1. The summed E-state index contributed by atoms with van der Waals surface area (Å²) in [6.45, 7) is 13.0. The quantitative estimate of drug-likeness (QED) is 0.0514. The summed E-state index contributed by atoms with van der Waals surface area (Å²) in [5.41, 5.74) is 7.93. The molecule has 3 atom stereocenters. The normalized spacial score (nSPS) is 16.4. The highest BCUT2D eigenvalue weighted by Gasteiger charge is 2.44. The van der Waals surface area contributed by atoms with Gasteiger partial charge in [-0.05, 0) is 47.7 Å². The Labute approximate surface area is 451 Å². The number of aromatic amines is 1. The van der Waals surface area contributed by atoms with Gasteiger partial charge in [0.1, 0.15) is 40.4 Å². The first kappa shape index (κ1) is 56.3. The summed E-state index contributed by atoms with van der Waals surface area (Å²) in [6.07, 6.45) is 0.824. The number of hydrogen-bond acceptors (Lipinski definition) is 16. The number of hydrogen-bond donors (Lipinski definition) is 5. The summed E-state index contributed by atoms with van der Waals surface area (Å²) in [4.78, 5) is 73.4. The fraction of sp³-hybridized carbons (Fsp3) is 0.455. The van der Waals surface area contributed by atoms with Gasteiger partial charge >= 0.3 is 0 Å². The summed E-state index contributed by atoms with van der Waals surface area (Å²) >= 11 is 1.57. The number of benzene rings is 3. The molecule has 2 saturated heterocycles. The van der Waals surface area contributed by atoms with Gasteiger partial charge in [0.15, 0.2) is 5.82 Å². The SMILES string of the molecule is COc1cccc(F)c1-c1ncc2[nH]nc(-c3ccc(N4CCN(CC(=O)NCCOCCOCCOCCC(=O)N[C@H](C(=O)N5CC(O)C[C@H]5C(=O)NCc5ccc(-c6scnc6C)cc5)C(C)(C)C)CC4)cc3)c2n1. The number of aromatic nitrogens is 5. The van der Waals surface area contributed by atoms with Crippen LogP contribution in [0.5, 0.6) is 5.75 Å². The number of fused-ring (bicyclic) bond motifs is 1. The van der Waals surface area contributed by atoms with Crippen molar-refractivity contribution >= 4 is 51.7 Å². The standard InChI is InChI=1S/C55H68FN11O9S/c1-35-50(77-34-60-35)38-11-9-36(10-12-38)30-59-53(71)43-29-40(68)32-67(43)54(72)51(55(2,3)4)61-45(69)17-23-74-25-27-76-28-26-75-24-18-57-46(70)33-65-19-21-66(22-20-65)39-15-13-37(14-16-39)48-49-42(63-64-48)31-58-52(62-49)47-41(56)7-6-8-44(47)73-5/h6-16,31,34,40,43,51,68H,17-30,32-33H2,1-5H3,(H,57,70)(H,59,71)(H,61,69)(H,63,64)/t40?,43-,51+/m0/s1. The lowest BCUT2D eigenvalue weighted by atomic mass is 9.85. The number of β-amino-alcohol motifs (C(OH)–C–C–N with tert-alkyl or cyclic N) is 1. The Morgan fingerprint density at radius 3 is 2.26 bits per heavy atom. The number of methoxy groups -OCH3 is 1. The van der Waals surface area contributed by atoms with E-state index < -0.39 is 35.3 Å². The molecule has 77 heavy (non-hydrogen) atoms. The van der Waals surface area contributed by atoms with Crippen molar-refractivity contribution in [2.24, 2.45) is 5.41 Å². The molecule has 5 N–H and O–H groups in total. The Kier molecular flexibility index (Phi) is 19.3. The van der Waals surface area contributed by atoms with Gasteiger partial charge in [-0.1, -0.05) is 63.2 Å². The highest BCUT2D eigenvalue weighted by Crippen LogP contribution is 2.34. The smallest absolute Gasteiger partial charge is 0.246 e. The van der Waals surface area contributed by atoms with E-state index in [0.717, 1.165) is 59.1 Å². The molecule has 2 aliphatic heterocycles. The number of aryl methyl sites for hydroxylation is 1.